The van der Waals surface area contributed by atoms with Crippen LogP contribution in [0.25, 0.3) is 0 Å². The lowest BCUT2D eigenvalue weighted by molar-refractivity contribution is 0.736. The van der Waals surface area contributed by atoms with Gasteiger partial charge in [0.1, 0.15) is 0 Å². The Morgan fingerprint density at radius 2 is 2.29 bits per heavy atom. The minimum atomic E-state index is 0.527. The van der Waals surface area contributed by atoms with E-state index in [-0.39, 0.29) is 0 Å². The lowest BCUT2D eigenvalue weighted by atomic mass is 9.97. The van der Waals surface area contributed by atoms with Gasteiger partial charge in [-0.15, -0.1) is 0 Å². The zero-order chi connectivity index (χ0) is 9.54. The molecule has 2 unspecified atom stereocenters. The summed E-state index contributed by atoms with van der Waals surface area (Å²) in [6, 6.07) is 8.62. The second-order valence-corrected chi connectivity index (χ2v) is 3.93. The highest BCUT2D eigenvalue weighted by atomic mass is 15.1. The lowest BCUT2D eigenvalue weighted by Crippen LogP contribution is -2.20. The summed E-state index contributed by atoms with van der Waals surface area (Å²) in [5, 5.41) is 15.7. The van der Waals surface area contributed by atoms with Crippen LogP contribution in [0.5, 0.6) is 0 Å². The van der Waals surface area contributed by atoms with Gasteiger partial charge in [0.25, 0.3) is 0 Å². The van der Waals surface area contributed by atoms with Gasteiger partial charge in [-0.05, 0) is 23.8 Å². The van der Waals surface area contributed by atoms with Crippen molar-refractivity contribution in [2.24, 2.45) is 0 Å². The van der Waals surface area contributed by atoms with Crippen LogP contribution in [0.3, 0.4) is 0 Å². The number of benzene rings is 1. The van der Waals surface area contributed by atoms with Crippen LogP contribution in [0, 0.1) is 11.3 Å². The van der Waals surface area contributed by atoms with Crippen molar-refractivity contribution in [1.82, 2.24) is 5.32 Å². The highest BCUT2D eigenvalue weighted by Gasteiger charge is 2.35. The van der Waals surface area contributed by atoms with Crippen molar-refractivity contribution in [3.63, 3.8) is 0 Å². The Morgan fingerprint density at radius 1 is 1.36 bits per heavy atom. The summed E-state index contributed by atoms with van der Waals surface area (Å²) in [6.45, 7) is 2.06. The number of hydrogen-bond acceptors (Lipinski definition) is 3. The third-order valence-corrected chi connectivity index (χ3v) is 3.14. The van der Waals surface area contributed by atoms with Gasteiger partial charge in [0.05, 0.1) is 11.6 Å². The van der Waals surface area contributed by atoms with E-state index in [1.807, 2.05) is 18.2 Å². The molecule has 0 radical (unpaired) electrons. The monoisotopic (exact) mass is 185 g/mol. The Labute approximate surface area is 82.7 Å². The zero-order valence-electron chi connectivity index (χ0n) is 7.75. The zero-order valence-corrected chi connectivity index (χ0v) is 7.75. The van der Waals surface area contributed by atoms with Crippen LogP contribution in [0.4, 0.5) is 5.69 Å². The van der Waals surface area contributed by atoms with E-state index in [0.29, 0.717) is 12.0 Å². The first-order valence-electron chi connectivity index (χ1n) is 4.90. The molecule has 0 spiro atoms. The summed E-state index contributed by atoms with van der Waals surface area (Å²) >= 11 is 0. The van der Waals surface area contributed by atoms with Crippen LogP contribution in [-0.2, 0) is 0 Å². The topological polar surface area (TPSA) is 47.9 Å². The van der Waals surface area contributed by atoms with Crippen LogP contribution >= 0.6 is 0 Å². The molecule has 3 heteroatoms. The van der Waals surface area contributed by atoms with Gasteiger partial charge in [-0.3, -0.25) is 0 Å². The van der Waals surface area contributed by atoms with Crippen LogP contribution in [0.2, 0.25) is 0 Å². The molecule has 1 saturated heterocycles. The van der Waals surface area contributed by atoms with E-state index in [4.69, 9.17) is 5.26 Å². The molecule has 1 aromatic carbocycles. The summed E-state index contributed by atoms with van der Waals surface area (Å²) in [5.41, 5.74) is 3.28. The van der Waals surface area contributed by atoms with Gasteiger partial charge in [-0.1, -0.05) is 0 Å². The maximum absolute atomic E-state index is 8.82. The molecule has 3 nitrogen and oxygen atoms in total. The smallest absolute Gasteiger partial charge is 0.0991 e. The molecule has 3 rings (SSSR count). The molecular formula is C11H11N3. The Hall–Kier alpha value is -1.53. The fourth-order valence-corrected chi connectivity index (χ4v) is 2.43. The second kappa shape index (κ2) is 2.73. The van der Waals surface area contributed by atoms with Gasteiger partial charge in [0, 0.05) is 30.7 Å². The summed E-state index contributed by atoms with van der Waals surface area (Å²) < 4.78 is 0. The molecule has 1 fully saturated rings. The highest BCUT2D eigenvalue weighted by Crippen LogP contribution is 2.37. The molecule has 0 saturated carbocycles. The van der Waals surface area contributed by atoms with Gasteiger partial charge in [0.2, 0.25) is 0 Å². The molecule has 1 aromatic rings. The van der Waals surface area contributed by atoms with Crippen molar-refractivity contribution in [2.75, 3.05) is 18.4 Å². The number of nitrogens with one attached hydrogen (secondary N) is 2. The van der Waals surface area contributed by atoms with Gasteiger partial charge in [-0.25, -0.2) is 0 Å². The molecule has 14 heavy (non-hydrogen) atoms. The van der Waals surface area contributed by atoms with Gasteiger partial charge < -0.3 is 10.6 Å². The fourth-order valence-electron chi connectivity index (χ4n) is 2.43. The van der Waals surface area contributed by atoms with E-state index in [1.165, 1.54) is 11.3 Å². The average molecular weight is 185 g/mol. The number of fused-ring (bicyclic) bond motifs is 3. The Kier molecular flexibility index (Phi) is 1.53. The van der Waals surface area contributed by atoms with Crippen LogP contribution in [0.15, 0.2) is 18.2 Å². The molecule has 2 heterocycles. The van der Waals surface area contributed by atoms with Gasteiger partial charge in [0.15, 0.2) is 0 Å². The van der Waals surface area contributed by atoms with Crippen molar-refractivity contribution in [3.05, 3.63) is 29.3 Å². The predicted molar refractivity (Wildman–Crippen MR) is 54.2 cm³/mol. The lowest BCUT2D eigenvalue weighted by Gasteiger charge is -2.06. The molecule has 0 aromatic heterocycles. The number of nitriles is 1. The van der Waals surface area contributed by atoms with E-state index < -0.39 is 0 Å². The normalized spacial score (nSPS) is 27.6. The van der Waals surface area contributed by atoms with Crippen molar-refractivity contribution < 1.29 is 0 Å². The molecule has 0 amide bonds. The second-order valence-electron chi connectivity index (χ2n) is 3.93. The molecule has 2 N–H and O–H groups in total. The number of rotatable bonds is 0. The van der Waals surface area contributed by atoms with Crippen LogP contribution in [-0.4, -0.2) is 19.1 Å². The van der Waals surface area contributed by atoms with Gasteiger partial charge >= 0.3 is 0 Å². The average Bonchev–Trinajstić information content (AvgIpc) is 2.76. The minimum absolute atomic E-state index is 0.527. The molecule has 0 aliphatic carbocycles. The number of nitrogens with zero attached hydrogens (tertiary/aromatic N) is 1. The Bertz CT molecular complexity index is 419. The van der Waals surface area contributed by atoms with E-state index in [2.05, 4.69) is 16.7 Å². The number of anilines is 1. The molecule has 2 aliphatic rings. The van der Waals surface area contributed by atoms with E-state index in [0.717, 1.165) is 18.7 Å². The molecular weight excluding hydrogens is 174 g/mol. The third-order valence-electron chi connectivity index (χ3n) is 3.14. The van der Waals surface area contributed by atoms with Crippen molar-refractivity contribution in [2.45, 2.75) is 12.0 Å². The largest absolute Gasteiger partial charge is 0.380 e. The first-order chi connectivity index (χ1) is 6.88. The molecule has 0 bridgehead atoms. The van der Waals surface area contributed by atoms with Crippen LogP contribution < -0.4 is 10.6 Å². The van der Waals surface area contributed by atoms with E-state index in [9.17, 15) is 0 Å². The molecule has 2 aliphatic heterocycles. The van der Waals surface area contributed by atoms with E-state index in [1.54, 1.807) is 0 Å². The maximum Gasteiger partial charge on any atom is 0.0991 e. The fraction of sp³-hybridized carbons (Fsp3) is 0.364. The Balaban J connectivity index is 2.08. The van der Waals surface area contributed by atoms with Gasteiger partial charge in [-0.2, -0.15) is 5.26 Å². The van der Waals surface area contributed by atoms with Crippen molar-refractivity contribution in [1.29, 1.82) is 5.26 Å². The number of hydrogen-bond donors (Lipinski definition) is 2. The third kappa shape index (κ3) is 0.948. The standard InChI is InChI=1S/C11H11N3/c12-4-7-1-2-10-8(3-7)9-5-13-6-11(9)14-10/h1-3,9,11,13-14H,5-6H2. The minimum Gasteiger partial charge on any atom is -0.380 e. The predicted octanol–water partition coefficient (Wildman–Crippen LogP) is 1.04. The first kappa shape index (κ1) is 7.84. The maximum atomic E-state index is 8.82. The summed E-state index contributed by atoms with van der Waals surface area (Å²) in [6.07, 6.45) is 0. The van der Waals surface area contributed by atoms with Crippen molar-refractivity contribution >= 4 is 5.69 Å². The Morgan fingerprint density at radius 3 is 3.14 bits per heavy atom. The summed E-state index contributed by atoms with van der Waals surface area (Å²) in [4.78, 5) is 0. The summed E-state index contributed by atoms with van der Waals surface area (Å²) in [5.74, 6) is 0.554. The first-order valence-corrected chi connectivity index (χ1v) is 4.90. The summed E-state index contributed by atoms with van der Waals surface area (Å²) in [7, 11) is 0. The molecule has 70 valence electrons. The quantitative estimate of drug-likeness (QED) is 0.635. The van der Waals surface area contributed by atoms with E-state index >= 15 is 0 Å². The molecule has 2 atom stereocenters. The van der Waals surface area contributed by atoms with Crippen LogP contribution in [0.1, 0.15) is 17.0 Å². The SMILES string of the molecule is N#Cc1ccc2c(c1)C1CNCC1N2. The van der Waals surface area contributed by atoms with Crippen molar-refractivity contribution in [3.8, 4) is 6.07 Å². The highest BCUT2D eigenvalue weighted by molar-refractivity contribution is 5.62.